The molecule has 0 saturated heterocycles. The number of hydrogen-bond donors (Lipinski definition) is 4. The van der Waals surface area contributed by atoms with Gasteiger partial charge in [0.25, 0.3) is 11.8 Å². The minimum Gasteiger partial charge on any atom is -0.291 e. The van der Waals surface area contributed by atoms with Crippen molar-refractivity contribution in [3.63, 3.8) is 0 Å². The molecule has 1 aromatic rings. The minimum atomic E-state index is -0.399. The predicted molar refractivity (Wildman–Crippen MR) is 59.5 cm³/mol. The molecule has 6 N–H and O–H groups in total. The van der Waals surface area contributed by atoms with Gasteiger partial charge in [0.15, 0.2) is 0 Å². The van der Waals surface area contributed by atoms with E-state index in [1.54, 1.807) is 30.3 Å². The van der Waals surface area contributed by atoms with Crippen LogP contribution in [0.15, 0.2) is 30.3 Å². The first-order valence-corrected chi connectivity index (χ1v) is 4.47. The molecule has 0 saturated carbocycles. The molecule has 84 valence electrons. The molecule has 0 aliphatic carbocycles. The number of rotatable bonds is 3. The van der Waals surface area contributed by atoms with Crippen molar-refractivity contribution in [1.82, 2.24) is 10.9 Å². The topological polar surface area (TPSA) is 110 Å². The van der Waals surface area contributed by atoms with Crippen molar-refractivity contribution in [3.05, 3.63) is 41.5 Å². The number of carbonyl (C=O) groups is 2. The molecule has 0 radical (unpaired) electrons. The lowest BCUT2D eigenvalue weighted by atomic mass is 10.1. The zero-order valence-electron chi connectivity index (χ0n) is 8.44. The second-order valence-electron chi connectivity index (χ2n) is 2.94. The molecule has 0 unspecified atom stereocenters. The Balaban J connectivity index is 2.75. The van der Waals surface area contributed by atoms with Crippen LogP contribution in [0.5, 0.6) is 0 Å². The first kappa shape index (κ1) is 11.9. The molecule has 0 bridgehead atoms. The van der Waals surface area contributed by atoms with E-state index < -0.39 is 5.91 Å². The van der Waals surface area contributed by atoms with Crippen molar-refractivity contribution in [1.29, 1.82) is 0 Å². The van der Waals surface area contributed by atoms with Crippen LogP contribution >= 0.6 is 0 Å². The highest BCUT2D eigenvalue weighted by Gasteiger charge is 2.01. The second kappa shape index (κ2) is 5.64. The Kier molecular flexibility index (Phi) is 4.19. The summed E-state index contributed by atoms with van der Waals surface area (Å²) in [5.74, 6) is 9.11. The average Bonchev–Trinajstić information content (AvgIpc) is 2.35. The Labute approximate surface area is 92.2 Å². The fourth-order valence-electron chi connectivity index (χ4n) is 1.05. The van der Waals surface area contributed by atoms with Crippen molar-refractivity contribution in [2.45, 2.75) is 0 Å². The van der Waals surface area contributed by atoms with Gasteiger partial charge in [-0.2, -0.15) is 0 Å². The standard InChI is InChI=1S/C10H12N4O2/c11-13-9(15)6-3-7-1-4-8(5-2-7)10(16)14-12/h1-6H,11-12H2,(H,13,15)(H,14,16)/b6-3+. The van der Waals surface area contributed by atoms with Gasteiger partial charge in [-0.05, 0) is 23.8 Å². The molecule has 1 rings (SSSR count). The maximum absolute atomic E-state index is 11.1. The van der Waals surface area contributed by atoms with Gasteiger partial charge in [-0.15, -0.1) is 0 Å². The number of carbonyl (C=O) groups excluding carboxylic acids is 2. The van der Waals surface area contributed by atoms with E-state index in [9.17, 15) is 9.59 Å². The third-order valence-electron chi connectivity index (χ3n) is 1.87. The number of hydrazine groups is 2. The zero-order valence-corrected chi connectivity index (χ0v) is 8.44. The fourth-order valence-corrected chi connectivity index (χ4v) is 1.05. The molecule has 0 aromatic heterocycles. The summed E-state index contributed by atoms with van der Waals surface area (Å²) in [5.41, 5.74) is 5.21. The molecule has 16 heavy (non-hydrogen) atoms. The molecule has 0 fully saturated rings. The number of nitrogen functional groups attached to an aromatic ring is 1. The zero-order chi connectivity index (χ0) is 12.0. The largest absolute Gasteiger partial charge is 0.291 e. The van der Waals surface area contributed by atoms with Crippen LogP contribution in [0.2, 0.25) is 0 Å². The summed E-state index contributed by atoms with van der Waals surface area (Å²) in [5, 5.41) is 0. The van der Waals surface area contributed by atoms with Gasteiger partial charge in [-0.1, -0.05) is 12.1 Å². The normalized spacial score (nSPS) is 10.1. The number of nitrogens with two attached hydrogens (primary N) is 2. The molecule has 2 amide bonds. The third-order valence-corrected chi connectivity index (χ3v) is 1.87. The van der Waals surface area contributed by atoms with Crippen LogP contribution in [-0.2, 0) is 4.79 Å². The van der Waals surface area contributed by atoms with Crippen LogP contribution in [0.3, 0.4) is 0 Å². The van der Waals surface area contributed by atoms with Crippen molar-refractivity contribution in [2.24, 2.45) is 11.7 Å². The lowest BCUT2D eigenvalue weighted by Gasteiger charge is -1.99. The third kappa shape index (κ3) is 3.19. The number of amides is 2. The maximum atomic E-state index is 11.1. The molecule has 1 aromatic carbocycles. The van der Waals surface area contributed by atoms with Crippen LogP contribution in [-0.4, -0.2) is 11.8 Å². The van der Waals surface area contributed by atoms with E-state index in [-0.39, 0.29) is 5.91 Å². The predicted octanol–water partition coefficient (Wildman–Crippen LogP) is -0.707. The van der Waals surface area contributed by atoms with E-state index in [0.29, 0.717) is 5.56 Å². The van der Waals surface area contributed by atoms with Gasteiger partial charge in [0, 0.05) is 11.6 Å². The van der Waals surface area contributed by atoms with Crippen molar-refractivity contribution in [3.8, 4) is 0 Å². The van der Waals surface area contributed by atoms with Crippen molar-refractivity contribution in [2.75, 3.05) is 0 Å². The quantitative estimate of drug-likeness (QED) is 0.233. The Bertz CT molecular complexity index is 411. The maximum Gasteiger partial charge on any atom is 0.265 e. The van der Waals surface area contributed by atoms with E-state index in [1.807, 2.05) is 10.9 Å². The van der Waals surface area contributed by atoms with Crippen molar-refractivity contribution < 1.29 is 9.59 Å². The highest BCUT2D eigenvalue weighted by molar-refractivity contribution is 5.94. The van der Waals surface area contributed by atoms with E-state index in [4.69, 9.17) is 11.7 Å². The first-order valence-electron chi connectivity index (χ1n) is 4.47. The minimum absolute atomic E-state index is 0.366. The molecule has 0 spiro atoms. The highest BCUT2D eigenvalue weighted by atomic mass is 16.2. The Morgan fingerprint density at radius 2 is 1.69 bits per heavy atom. The van der Waals surface area contributed by atoms with Gasteiger partial charge in [0.2, 0.25) is 0 Å². The molecular weight excluding hydrogens is 208 g/mol. The summed E-state index contributed by atoms with van der Waals surface area (Å²) in [4.78, 5) is 21.9. The van der Waals surface area contributed by atoms with Crippen LogP contribution in [0, 0.1) is 0 Å². The van der Waals surface area contributed by atoms with Crippen molar-refractivity contribution >= 4 is 17.9 Å². The smallest absolute Gasteiger partial charge is 0.265 e. The van der Waals surface area contributed by atoms with Gasteiger partial charge in [-0.3, -0.25) is 20.4 Å². The van der Waals surface area contributed by atoms with Gasteiger partial charge >= 0.3 is 0 Å². The van der Waals surface area contributed by atoms with Gasteiger partial charge in [-0.25, -0.2) is 11.7 Å². The average molecular weight is 220 g/mol. The monoisotopic (exact) mass is 220 g/mol. The molecule has 0 heterocycles. The number of benzene rings is 1. The van der Waals surface area contributed by atoms with Gasteiger partial charge < -0.3 is 0 Å². The molecular formula is C10H12N4O2. The Morgan fingerprint density at radius 1 is 1.06 bits per heavy atom. The van der Waals surface area contributed by atoms with Crippen LogP contribution in [0.25, 0.3) is 6.08 Å². The van der Waals surface area contributed by atoms with E-state index >= 15 is 0 Å². The fraction of sp³-hybridized carbons (Fsp3) is 0. The number of nitrogens with one attached hydrogen (secondary N) is 2. The Hall–Kier alpha value is -2.18. The molecule has 0 aliphatic rings. The Morgan fingerprint density at radius 3 is 2.19 bits per heavy atom. The lowest BCUT2D eigenvalue weighted by Crippen LogP contribution is -2.29. The lowest BCUT2D eigenvalue weighted by molar-refractivity contribution is -0.116. The van der Waals surface area contributed by atoms with Crippen LogP contribution in [0.4, 0.5) is 0 Å². The summed E-state index contributed by atoms with van der Waals surface area (Å²) in [7, 11) is 0. The van der Waals surface area contributed by atoms with E-state index in [1.165, 1.54) is 6.08 Å². The molecule has 6 heteroatoms. The van der Waals surface area contributed by atoms with Gasteiger partial charge in [0.1, 0.15) is 0 Å². The summed E-state index contributed by atoms with van der Waals surface area (Å²) in [6.07, 6.45) is 2.87. The van der Waals surface area contributed by atoms with Crippen LogP contribution in [0.1, 0.15) is 15.9 Å². The molecule has 0 aliphatic heterocycles. The van der Waals surface area contributed by atoms with Crippen LogP contribution < -0.4 is 22.5 Å². The summed E-state index contributed by atoms with van der Waals surface area (Å²) in [6.45, 7) is 0. The summed E-state index contributed by atoms with van der Waals surface area (Å²) >= 11 is 0. The van der Waals surface area contributed by atoms with Gasteiger partial charge in [0.05, 0.1) is 0 Å². The van der Waals surface area contributed by atoms with E-state index in [0.717, 1.165) is 5.56 Å². The molecule has 6 nitrogen and oxygen atoms in total. The van der Waals surface area contributed by atoms with E-state index in [2.05, 4.69) is 0 Å². The number of hydrogen-bond acceptors (Lipinski definition) is 4. The SMILES string of the molecule is NNC(=O)/C=C/c1ccc(C(=O)NN)cc1. The summed E-state index contributed by atoms with van der Waals surface area (Å²) < 4.78 is 0. The first-order chi connectivity index (χ1) is 7.67. The highest BCUT2D eigenvalue weighted by Crippen LogP contribution is 2.05. The molecule has 0 atom stereocenters. The second-order valence-corrected chi connectivity index (χ2v) is 2.94. The summed E-state index contributed by atoms with van der Waals surface area (Å²) in [6, 6.07) is 6.57.